The number of rotatable bonds is 4. The minimum absolute atomic E-state index is 0.0577. The molecule has 1 unspecified atom stereocenters. The third kappa shape index (κ3) is 3.34. The topological polar surface area (TPSA) is 60.4 Å². The molecule has 0 aliphatic heterocycles. The fourth-order valence-electron chi connectivity index (χ4n) is 1.55. The molecule has 0 radical (unpaired) electrons. The maximum atomic E-state index is 11.9. The maximum absolute atomic E-state index is 11.9. The Balaban J connectivity index is 2.26. The van der Waals surface area contributed by atoms with Crippen molar-refractivity contribution in [3.8, 4) is 0 Å². The van der Waals surface area contributed by atoms with E-state index in [9.17, 15) is 4.79 Å². The van der Waals surface area contributed by atoms with Crippen LogP contribution in [0.4, 0.5) is 0 Å². The van der Waals surface area contributed by atoms with E-state index in [1.54, 1.807) is 24.0 Å². The average molecular weight is 328 g/mol. The molecule has 96 valence electrons. The zero-order chi connectivity index (χ0) is 13.1. The van der Waals surface area contributed by atoms with Crippen LogP contribution >= 0.6 is 27.7 Å². The Morgan fingerprint density at radius 2 is 2.33 bits per heavy atom. The molecule has 0 bridgehead atoms. The maximum Gasteiger partial charge on any atom is 0.258 e. The van der Waals surface area contributed by atoms with Crippen LogP contribution in [0.2, 0.25) is 0 Å². The van der Waals surface area contributed by atoms with Crippen LogP contribution in [0, 0.1) is 0 Å². The van der Waals surface area contributed by atoms with Crippen LogP contribution < -0.4 is 11.3 Å². The Morgan fingerprint density at radius 3 is 3.06 bits per heavy atom. The van der Waals surface area contributed by atoms with E-state index in [-0.39, 0.29) is 11.6 Å². The standard InChI is InChI=1S/C12H14BrN3OS/c1-8(14)6-18-7-10-4-12(17)16-5-9(13)2-3-11(16)15-10/h2-5,8H,6-7,14H2,1H3. The lowest BCUT2D eigenvalue weighted by Crippen LogP contribution is -2.18. The SMILES string of the molecule is CC(N)CSCc1cc(=O)n2cc(Br)ccc2n1. The molecule has 0 aromatic carbocycles. The molecule has 2 heterocycles. The number of pyridine rings is 1. The van der Waals surface area contributed by atoms with Gasteiger partial charge in [-0.3, -0.25) is 9.20 Å². The number of thioether (sulfide) groups is 1. The summed E-state index contributed by atoms with van der Waals surface area (Å²) in [7, 11) is 0. The van der Waals surface area contributed by atoms with Gasteiger partial charge in [-0.2, -0.15) is 11.8 Å². The highest BCUT2D eigenvalue weighted by Crippen LogP contribution is 2.12. The number of hydrogen-bond donors (Lipinski definition) is 1. The molecule has 0 saturated carbocycles. The average Bonchev–Trinajstić information content (AvgIpc) is 2.30. The highest BCUT2D eigenvalue weighted by Gasteiger charge is 2.03. The third-order valence-electron chi connectivity index (χ3n) is 2.31. The van der Waals surface area contributed by atoms with Gasteiger partial charge in [0.2, 0.25) is 0 Å². The zero-order valence-electron chi connectivity index (χ0n) is 9.97. The van der Waals surface area contributed by atoms with Crippen LogP contribution in [0.1, 0.15) is 12.6 Å². The van der Waals surface area contributed by atoms with Crippen molar-refractivity contribution in [1.82, 2.24) is 9.38 Å². The zero-order valence-corrected chi connectivity index (χ0v) is 12.4. The minimum Gasteiger partial charge on any atom is -0.327 e. The largest absolute Gasteiger partial charge is 0.327 e. The molecule has 4 nitrogen and oxygen atoms in total. The van der Waals surface area contributed by atoms with E-state index >= 15 is 0 Å². The van der Waals surface area contributed by atoms with Crippen LogP contribution in [0.15, 0.2) is 33.7 Å². The summed E-state index contributed by atoms with van der Waals surface area (Å²) in [6.07, 6.45) is 1.73. The van der Waals surface area contributed by atoms with Gasteiger partial charge in [-0.25, -0.2) is 4.98 Å². The van der Waals surface area contributed by atoms with Crippen LogP contribution in [-0.2, 0) is 5.75 Å². The fourth-order valence-corrected chi connectivity index (χ4v) is 2.73. The van der Waals surface area contributed by atoms with E-state index in [0.29, 0.717) is 11.4 Å². The first-order valence-corrected chi connectivity index (χ1v) is 7.52. The molecule has 0 saturated heterocycles. The smallest absolute Gasteiger partial charge is 0.258 e. The molecular weight excluding hydrogens is 314 g/mol. The molecule has 18 heavy (non-hydrogen) atoms. The fraction of sp³-hybridized carbons (Fsp3) is 0.333. The van der Waals surface area contributed by atoms with E-state index in [0.717, 1.165) is 15.9 Å². The van der Waals surface area contributed by atoms with Crippen LogP contribution in [0.5, 0.6) is 0 Å². The Bertz CT molecular complexity index is 612. The number of halogens is 1. The molecule has 2 N–H and O–H groups in total. The van der Waals surface area contributed by atoms with Crippen molar-refractivity contribution in [3.63, 3.8) is 0 Å². The van der Waals surface area contributed by atoms with Crippen molar-refractivity contribution >= 4 is 33.3 Å². The van der Waals surface area contributed by atoms with E-state index in [1.165, 1.54) is 4.40 Å². The summed E-state index contributed by atoms with van der Waals surface area (Å²) < 4.78 is 2.39. The number of nitrogens with zero attached hydrogens (tertiary/aromatic N) is 2. The van der Waals surface area contributed by atoms with E-state index in [4.69, 9.17) is 5.73 Å². The highest BCUT2D eigenvalue weighted by atomic mass is 79.9. The first-order chi connectivity index (χ1) is 8.56. The van der Waals surface area contributed by atoms with Crippen LogP contribution in [0.25, 0.3) is 5.65 Å². The van der Waals surface area contributed by atoms with Gasteiger partial charge < -0.3 is 5.73 Å². The van der Waals surface area contributed by atoms with Gasteiger partial charge >= 0.3 is 0 Å². The van der Waals surface area contributed by atoms with Gasteiger partial charge in [0.05, 0.1) is 5.69 Å². The second-order valence-corrected chi connectivity index (χ2v) is 6.10. The van der Waals surface area contributed by atoms with Gasteiger partial charge in [0.25, 0.3) is 5.56 Å². The number of hydrogen-bond acceptors (Lipinski definition) is 4. The van der Waals surface area contributed by atoms with E-state index < -0.39 is 0 Å². The summed E-state index contributed by atoms with van der Waals surface area (Å²) >= 11 is 5.03. The van der Waals surface area contributed by atoms with Crippen LogP contribution in [0.3, 0.4) is 0 Å². The Morgan fingerprint density at radius 1 is 1.56 bits per heavy atom. The lowest BCUT2D eigenvalue weighted by Gasteiger charge is -2.06. The Kier molecular flexibility index (Phi) is 4.42. The van der Waals surface area contributed by atoms with Gasteiger partial charge in [-0.15, -0.1) is 0 Å². The van der Waals surface area contributed by atoms with Crippen molar-refractivity contribution in [2.45, 2.75) is 18.7 Å². The molecule has 6 heteroatoms. The molecule has 1 atom stereocenters. The molecule has 2 aromatic heterocycles. The lowest BCUT2D eigenvalue weighted by molar-refractivity contribution is 0.846. The Hall–Kier alpha value is -0.850. The van der Waals surface area contributed by atoms with Gasteiger partial charge in [0.15, 0.2) is 0 Å². The number of nitrogens with two attached hydrogens (primary N) is 1. The second kappa shape index (κ2) is 5.86. The molecule has 0 aliphatic rings. The van der Waals surface area contributed by atoms with Crippen molar-refractivity contribution in [1.29, 1.82) is 0 Å². The summed E-state index contributed by atoms with van der Waals surface area (Å²) in [4.78, 5) is 16.4. The third-order valence-corrected chi connectivity index (χ3v) is 4.04. The lowest BCUT2D eigenvalue weighted by atomic mass is 10.4. The van der Waals surface area contributed by atoms with Gasteiger partial charge in [-0.1, -0.05) is 0 Å². The summed E-state index contributed by atoms with van der Waals surface area (Å²) in [6.45, 7) is 1.97. The number of fused-ring (bicyclic) bond motifs is 1. The summed E-state index contributed by atoms with van der Waals surface area (Å²) in [5.41, 5.74) is 7.09. The van der Waals surface area contributed by atoms with E-state index in [1.807, 2.05) is 19.1 Å². The molecule has 0 fully saturated rings. The van der Waals surface area contributed by atoms with Gasteiger partial charge in [0, 0.05) is 34.3 Å². The second-order valence-electron chi connectivity index (χ2n) is 4.15. The van der Waals surface area contributed by atoms with Crippen molar-refractivity contribution < 1.29 is 0 Å². The molecule has 2 rings (SSSR count). The molecule has 2 aromatic rings. The van der Waals surface area contributed by atoms with Gasteiger partial charge in [-0.05, 0) is 35.0 Å². The summed E-state index contributed by atoms with van der Waals surface area (Å²) in [6, 6.07) is 5.44. The minimum atomic E-state index is -0.0577. The van der Waals surface area contributed by atoms with Crippen molar-refractivity contribution in [2.24, 2.45) is 5.73 Å². The summed E-state index contributed by atoms with van der Waals surface area (Å²) in [5, 5.41) is 0. The van der Waals surface area contributed by atoms with E-state index in [2.05, 4.69) is 20.9 Å². The molecule has 0 aliphatic carbocycles. The first-order valence-electron chi connectivity index (χ1n) is 5.57. The van der Waals surface area contributed by atoms with Crippen LogP contribution in [-0.4, -0.2) is 21.2 Å². The Labute approximate surface area is 118 Å². The van der Waals surface area contributed by atoms with Gasteiger partial charge in [0.1, 0.15) is 5.65 Å². The monoisotopic (exact) mass is 327 g/mol. The predicted molar refractivity (Wildman–Crippen MR) is 79.0 cm³/mol. The number of aromatic nitrogens is 2. The quantitative estimate of drug-likeness (QED) is 0.933. The molecule has 0 amide bonds. The molecule has 0 spiro atoms. The van der Waals surface area contributed by atoms with Crippen molar-refractivity contribution in [3.05, 3.63) is 44.9 Å². The van der Waals surface area contributed by atoms with Crippen molar-refractivity contribution in [2.75, 3.05) is 5.75 Å². The highest BCUT2D eigenvalue weighted by molar-refractivity contribution is 9.10. The molecular formula is C12H14BrN3OS. The summed E-state index contributed by atoms with van der Waals surface area (Å²) in [5.74, 6) is 1.57. The normalized spacial score (nSPS) is 12.8. The predicted octanol–water partition coefficient (Wildman–Crippen LogP) is 2.04. The first kappa shape index (κ1) is 13.6.